The lowest BCUT2D eigenvalue weighted by Crippen LogP contribution is -2.21. The molecule has 0 aliphatic carbocycles. The Balaban J connectivity index is 1.84. The molecule has 2 rings (SSSR count). The highest BCUT2D eigenvalue weighted by molar-refractivity contribution is 6.33. The Bertz CT molecular complexity index is 805. The van der Waals surface area contributed by atoms with Gasteiger partial charge in [-0.2, -0.15) is 18.3 Å². The van der Waals surface area contributed by atoms with Crippen LogP contribution in [-0.4, -0.2) is 18.0 Å². The molecule has 0 saturated carbocycles. The van der Waals surface area contributed by atoms with Crippen molar-refractivity contribution in [3.63, 3.8) is 0 Å². The molecular weight excluding hydrogens is 375 g/mol. The molecule has 0 fully saturated rings. The topological polar surface area (TPSA) is 83.7 Å². The average molecular weight is 388 g/mol. The first-order chi connectivity index (χ1) is 12.3. The first-order valence-electron chi connectivity index (χ1n) is 7.27. The molecule has 1 aromatic heterocycles. The van der Waals surface area contributed by atoms with Gasteiger partial charge in [0.05, 0.1) is 28.8 Å². The zero-order valence-corrected chi connectivity index (χ0v) is 13.9. The normalized spacial score (nSPS) is 11.5. The summed E-state index contributed by atoms with van der Waals surface area (Å²) >= 11 is 5.78. The fraction of sp³-hybridized carbons (Fsp3) is 0.188. The highest BCUT2D eigenvalue weighted by atomic mass is 35.5. The SMILES string of the molecule is O=C(CCC(=O)Nc1cc(C(F)(F)F)ccc1Cl)NN=Cc1ccco1. The van der Waals surface area contributed by atoms with E-state index in [0.717, 1.165) is 18.2 Å². The fourth-order valence-electron chi connectivity index (χ4n) is 1.83. The monoisotopic (exact) mass is 387 g/mol. The van der Waals surface area contributed by atoms with Crippen molar-refractivity contribution in [3.8, 4) is 0 Å². The summed E-state index contributed by atoms with van der Waals surface area (Å²) in [6, 6.07) is 5.85. The zero-order valence-electron chi connectivity index (χ0n) is 13.1. The number of hydrazone groups is 1. The molecule has 26 heavy (non-hydrogen) atoms. The Hall–Kier alpha value is -2.81. The minimum absolute atomic E-state index is 0.0427. The predicted molar refractivity (Wildman–Crippen MR) is 88.8 cm³/mol. The third-order valence-electron chi connectivity index (χ3n) is 3.07. The van der Waals surface area contributed by atoms with Crippen LogP contribution in [0.3, 0.4) is 0 Å². The van der Waals surface area contributed by atoms with Crippen molar-refractivity contribution in [3.05, 3.63) is 52.9 Å². The van der Waals surface area contributed by atoms with E-state index in [0.29, 0.717) is 5.76 Å². The molecule has 0 spiro atoms. The van der Waals surface area contributed by atoms with Gasteiger partial charge in [0.15, 0.2) is 0 Å². The van der Waals surface area contributed by atoms with Crippen molar-refractivity contribution in [2.24, 2.45) is 5.10 Å². The summed E-state index contributed by atoms with van der Waals surface area (Å²) in [4.78, 5) is 23.4. The Kier molecular flexibility index (Phi) is 6.40. The molecule has 0 radical (unpaired) electrons. The van der Waals surface area contributed by atoms with Gasteiger partial charge in [0, 0.05) is 12.8 Å². The summed E-state index contributed by atoms with van der Waals surface area (Å²) in [6.07, 6.45) is -2.31. The van der Waals surface area contributed by atoms with Gasteiger partial charge < -0.3 is 9.73 Å². The van der Waals surface area contributed by atoms with Crippen LogP contribution in [0.1, 0.15) is 24.2 Å². The van der Waals surface area contributed by atoms with Crippen LogP contribution in [0, 0.1) is 0 Å². The number of carbonyl (C=O) groups is 2. The van der Waals surface area contributed by atoms with Crippen LogP contribution in [0.5, 0.6) is 0 Å². The van der Waals surface area contributed by atoms with Gasteiger partial charge in [0.25, 0.3) is 0 Å². The molecule has 6 nitrogen and oxygen atoms in total. The molecule has 0 aliphatic rings. The standard InChI is InChI=1S/C16H13ClF3N3O3/c17-12-4-3-10(16(18,19)20)8-13(12)22-14(24)5-6-15(25)23-21-9-11-2-1-7-26-11/h1-4,7-9H,5-6H2,(H,22,24)(H,23,25). The van der Waals surface area contributed by atoms with Gasteiger partial charge in [0.1, 0.15) is 5.76 Å². The summed E-state index contributed by atoms with van der Waals surface area (Å²) in [7, 11) is 0. The van der Waals surface area contributed by atoms with E-state index < -0.39 is 23.6 Å². The lowest BCUT2D eigenvalue weighted by Gasteiger charge is -2.11. The van der Waals surface area contributed by atoms with Crippen molar-refractivity contribution in [1.29, 1.82) is 0 Å². The van der Waals surface area contributed by atoms with Gasteiger partial charge >= 0.3 is 6.18 Å². The van der Waals surface area contributed by atoms with Crippen LogP contribution in [0.15, 0.2) is 46.1 Å². The largest absolute Gasteiger partial charge is 0.463 e. The first-order valence-corrected chi connectivity index (χ1v) is 7.65. The molecule has 0 bridgehead atoms. The maximum absolute atomic E-state index is 12.7. The highest BCUT2D eigenvalue weighted by Gasteiger charge is 2.31. The first kappa shape index (κ1) is 19.5. The second-order valence-electron chi connectivity index (χ2n) is 5.05. The second-order valence-corrected chi connectivity index (χ2v) is 5.46. The van der Waals surface area contributed by atoms with E-state index in [2.05, 4.69) is 15.8 Å². The molecule has 0 saturated heterocycles. The smallest absolute Gasteiger partial charge is 0.416 e. The van der Waals surface area contributed by atoms with Crippen LogP contribution < -0.4 is 10.7 Å². The molecule has 2 N–H and O–H groups in total. The van der Waals surface area contributed by atoms with Crippen LogP contribution in [0.2, 0.25) is 5.02 Å². The number of nitrogens with zero attached hydrogens (tertiary/aromatic N) is 1. The average Bonchev–Trinajstić information content (AvgIpc) is 3.07. The molecule has 0 unspecified atom stereocenters. The molecule has 0 aliphatic heterocycles. The van der Waals surface area contributed by atoms with E-state index in [1.165, 1.54) is 12.5 Å². The number of halogens is 4. The minimum atomic E-state index is -4.56. The lowest BCUT2D eigenvalue weighted by atomic mass is 10.2. The number of hydrogen-bond donors (Lipinski definition) is 2. The van der Waals surface area contributed by atoms with Crippen molar-refractivity contribution in [2.75, 3.05) is 5.32 Å². The maximum atomic E-state index is 12.7. The number of anilines is 1. The molecule has 2 amide bonds. The third-order valence-corrected chi connectivity index (χ3v) is 3.40. The summed E-state index contributed by atoms with van der Waals surface area (Å²) in [5.74, 6) is -0.767. The van der Waals surface area contributed by atoms with E-state index >= 15 is 0 Å². The number of rotatable bonds is 6. The Morgan fingerprint density at radius 3 is 2.58 bits per heavy atom. The number of amides is 2. The van der Waals surface area contributed by atoms with Crippen molar-refractivity contribution >= 4 is 35.3 Å². The maximum Gasteiger partial charge on any atom is 0.416 e. The molecular formula is C16H13ClF3N3O3. The molecule has 138 valence electrons. The lowest BCUT2D eigenvalue weighted by molar-refractivity contribution is -0.137. The molecule has 1 aromatic carbocycles. The van der Waals surface area contributed by atoms with E-state index in [9.17, 15) is 22.8 Å². The third kappa shape index (κ3) is 5.92. The second kappa shape index (κ2) is 8.52. The summed E-state index contributed by atoms with van der Waals surface area (Å²) < 4.78 is 43.0. The minimum Gasteiger partial charge on any atom is -0.463 e. The zero-order chi connectivity index (χ0) is 19.2. The van der Waals surface area contributed by atoms with E-state index in [4.69, 9.17) is 16.0 Å². The van der Waals surface area contributed by atoms with Crippen LogP contribution in [0.4, 0.5) is 18.9 Å². The number of hydrogen-bond acceptors (Lipinski definition) is 4. The number of benzene rings is 1. The summed E-state index contributed by atoms with van der Waals surface area (Å²) in [5, 5.41) is 5.84. The highest BCUT2D eigenvalue weighted by Crippen LogP contribution is 2.33. The van der Waals surface area contributed by atoms with Crippen LogP contribution >= 0.6 is 11.6 Å². The van der Waals surface area contributed by atoms with Crippen molar-refractivity contribution in [2.45, 2.75) is 19.0 Å². The number of furan rings is 1. The van der Waals surface area contributed by atoms with Crippen molar-refractivity contribution in [1.82, 2.24) is 5.43 Å². The van der Waals surface area contributed by atoms with E-state index in [1.807, 2.05) is 0 Å². The van der Waals surface area contributed by atoms with Gasteiger partial charge in [-0.3, -0.25) is 9.59 Å². The Morgan fingerprint density at radius 2 is 1.92 bits per heavy atom. The molecule has 0 atom stereocenters. The number of alkyl halides is 3. The Labute approximate surface area is 151 Å². The van der Waals surface area contributed by atoms with Gasteiger partial charge in [0.2, 0.25) is 11.8 Å². The number of nitrogens with one attached hydrogen (secondary N) is 2. The predicted octanol–water partition coefficient (Wildman–Crippen LogP) is 3.82. The summed E-state index contributed by atoms with van der Waals surface area (Å²) in [5.41, 5.74) is 1.08. The molecule has 10 heteroatoms. The van der Waals surface area contributed by atoms with Gasteiger partial charge in [-0.1, -0.05) is 11.6 Å². The molecule has 2 aromatic rings. The number of carbonyl (C=O) groups excluding carboxylic acids is 2. The van der Waals surface area contributed by atoms with Crippen LogP contribution in [0.25, 0.3) is 0 Å². The Morgan fingerprint density at radius 1 is 1.19 bits per heavy atom. The summed E-state index contributed by atoms with van der Waals surface area (Å²) in [6.45, 7) is 0. The van der Waals surface area contributed by atoms with E-state index in [1.54, 1.807) is 12.1 Å². The fourth-order valence-corrected chi connectivity index (χ4v) is 1.99. The van der Waals surface area contributed by atoms with E-state index in [-0.39, 0.29) is 23.6 Å². The quantitative estimate of drug-likeness (QED) is 0.583. The van der Waals surface area contributed by atoms with Gasteiger partial charge in [-0.05, 0) is 30.3 Å². The van der Waals surface area contributed by atoms with Gasteiger partial charge in [-0.15, -0.1) is 0 Å². The van der Waals surface area contributed by atoms with Crippen molar-refractivity contribution < 1.29 is 27.2 Å². The van der Waals surface area contributed by atoms with Crippen LogP contribution in [-0.2, 0) is 15.8 Å². The molecule has 1 heterocycles. The van der Waals surface area contributed by atoms with Gasteiger partial charge in [-0.25, -0.2) is 5.43 Å².